The number of rotatable bonds is 2. The van der Waals surface area contributed by atoms with Crippen LogP contribution < -0.4 is 5.01 Å². The van der Waals surface area contributed by atoms with Crippen molar-refractivity contribution < 1.29 is 18.7 Å². The molecule has 0 radical (unpaired) electrons. The van der Waals surface area contributed by atoms with Crippen LogP contribution in [0.1, 0.15) is 12.7 Å². The van der Waals surface area contributed by atoms with E-state index in [-0.39, 0.29) is 13.2 Å². The minimum atomic E-state index is -0.801. The number of halogens is 1. The zero-order chi connectivity index (χ0) is 18.3. The van der Waals surface area contributed by atoms with Gasteiger partial charge in [0.05, 0.1) is 29.9 Å². The quantitative estimate of drug-likeness (QED) is 0.704. The zero-order valence-corrected chi connectivity index (χ0v) is 13.9. The van der Waals surface area contributed by atoms with Gasteiger partial charge in [-0.2, -0.15) is 0 Å². The molecule has 2 amide bonds. The molecule has 0 unspecified atom stereocenters. The van der Waals surface area contributed by atoms with Gasteiger partial charge in [-0.1, -0.05) is 12.1 Å². The summed E-state index contributed by atoms with van der Waals surface area (Å²) in [5.41, 5.74) is 1.74. The Labute approximate surface area is 148 Å². The number of fused-ring (bicyclic) bond motifs is 3. The summed E-state index contributed by atoms with van der Waals surface area (Å²) >= 11 is 0. The van der Waals surface area contributed by atoms with Crippen LogP contribution in [0.5, 0.6) is 0 Å². The fourth-order valence-electron chi connectivity index (χ4n) is 2.98. The third kappa shape index (κ3) is 2.46. The van der Waals surface area contributed by atoms with Gasteiger partial charge in [0.2, 0.25) is 0 Å². The number of carbonyl (C=O) groups is 2. The Morgan fingerprint density at radius 2 is 1.92 bits per heavy atom. The Morgan fingerprint density at radius 1 is 1.19 bits per heavy atom. The Balaban J connectivity index is 1.86. The van der Waals surface area contributed by atoms with E-state index in [1.54, 1.807) is 25.1 Å². The molecule has 0 bridgehead atoms. The summed E-state index contributed by atoms with van der Waals surface area (Å²) in [6.45, 7) is 1.94. The van der Waals surface area contributed by atoms with Crippen molar-refractivity contribution >= 4 is 28.8 Å². The molecule has 0 fully saturated rings. The Kier molecular flexibility index (Phi) is 3.80. The smallest absolute Gasteiger partial charge is 0.437 e. The average molecular weight is 354 g/mol. The van der Waals surface area contributed by atoms with Crippen molar-refractivity contribution in [3.05, 3.63) is 60.2 Å². The van der Waals surface area contributed by atoms with Gasteiger partial charge in [0.25, 0.3) is 0 Å². The Morgan fingerprint density at radius 3 is 2.65 bits per heavy atom. The highest BCUT2D eigenvalue weighted by Gasteiger charge is 2.38. The van der Waals surface area contributed by atoms with Crippen molar-refractivity contribution in [3.8, 4) is 0 Å². The van der Waals surface area contributed by atoms with Crippen molar-refractivity contribution in [3.63, 3.8) is 0 Å². The van der Waals surface area contributed by atoms with Crippen molar-refractivity contribution in [1.29, 1.82) is 0 Å². The number of nitrogens with zero attached hydrogens (tertiary/aromatic N) is 4. The van der Waals surface area contributed by atoms with E-state index in [4.69, 9.17) is 4.74 Å². The molecule has 1 aliphatic rings. The summed E-state index contributed by atoms with van der Waals surface area (Å²) in [6, 6.07) is 12.1. The molecule has 0 spiro atoms. The number of imidazole rings is 1. The van der Waals surface area contributed by atoms with Crippen LogP contribution in [0.4, 0.5) is 19.7 Å². The molecule has 26 heavy (non-hydrogen) atoms. The highest BCUT2D eigenvalue weighted by atomic mass is 19.1. The second-order valence-corrected chi connectivity index (χ2v) is 5.68. The molecule has 0 N–H and O–H groups in total. The number of imide groups is 1. The van der Waals surface area contributed by atoms with Gasteiger partial charge in [-0.05, 0) is 43.3 Å². The number of hydrogen-bond acceptors (Lipinski definition) is 5. The van der Waals surface area contributed by atoms with Gasteiger partial charge >= 0.3 is 12.1 Å². The summed E-state index contributed by atoms with van der Waals surface area (Å²) in [6.07, 6.45) is -0.801. The molecule has 4 rings (SSSR count). The number of hydrazine groups is 1. The van der Waals surface area contributed by atoms with E-state index in [0.29, 0.717) is 22.5 Å². The molecule has 2 heterocycles. The van der Waals surface area contributed by atoms with Crippen molar-refractivity contribution in [2.75, 3.05) is 11.6 Å². The van der Waals surface area contributed by atoms with Gasteiger partial charge in [-0.25, -0.2) is 23.5 Å². The van der Waals surface area contributed by atoms with Crippen LogP contribution in [0.25, 0.3) is 11.0 Å². The van der Waals surface area contributed by atoms with Crippen LogP contribution in [0.15, 0.2) is 48.5 Å². The number of para-hydroxylation sites is 2. The standard InChI is InChI=1S/C18H15FN4O3/c1-2-26-18(25)23-17(24)22-15-6-4-3-5-14(15)20-16(22)11-21(23)13-9-7-12(19)8-10-13/h3-10H,2,11H2,1H3. The van der Waals surface area contributed by atoms with Crippen molar-refractivity contribution in [2.45, 2.75) is 13.5 Å². The van der Waals surface area contributed by atoms with Crippen LogP contribution in [-0.2, 0) is 11.3 Å². The summed E-state index contributed by atoms with van der Waals surface area (Å²) < 4.78 is 19.7. The second kappa shape index (κ2) is 6.14. The fourth-order valence-corrected chi connectivity index (χ4v) is 2.98. The molecule has 0 saturated carbocycles. The number of amides is 2. The second-order valence-electron chi connectivity index (χ2n) is 5.68. The molecule has 8 heteroatoms. The normalized spacial score (nSPS) is 13.8. The van der Waals surface area contributed by atoms with Crippen LogP contribution in [0.2, 0.25) is 0 Å². The summed E-state index contributed by atoms with van der Waals surface area (Å²) in [4.78, 5) is 30.0. The molecular weight excluding hydrogens is 339 g/mol. The number of aromatic nitrogens is 2. The summed E-state index contributed by atoms with van der Waals surface area (Å²) in [5.74, 6) is 0.0769. The van der Waals surface area contributed by atoms with Gasteiger partial charge in [-0.15, -0.1) is 5.01 Å². The first-order valence-corrected chi connectivity index (χ1v) is 8.10. The highest BCUT2D eigenvalue weighted by Crippen LogP contribution is 2.28. The number of carbonyl (C=O) groups excluding carboxylic acids is 2. The van der Waals surface area contributed by atoms with Gasteiger partial charge in [0, 0.05) is 0 Å². The Bertz CT molecular complexity index is 999. The lowest BCUT2D eigenvalue weighted by atomic mass is 10.3. The van der Waals surface area contributed by atoms with E-state index in [9.17, 15) is 14.0 Å². The topological polar surface area (TPSA) is 67.7 Å². The summed E-state index contributed by atoms with van der Waals surface area (Å²) in [7, 11) is 0. The number of hydrogen-bond donors (Lipinski definition) is 0. The minimum Gasteiger partial charge on any atom is -0.448 e. The first kappa shape index (κ1) is 16.1. The monoisotopic (exact) mass is 354 g/mol. The van der Waals surface area contributed by atoms with E-state index < -0.39 is 17.9 Å². The fraction of sp³-hybridized carbons (Fsp3) is 0.167. The SMILES string of the molecule is CCOC(=O)N1C(=O)n2c(nc3ccccc32)CN1c1ccc(F)cc1. The average Bonchev–Trinajstić information content (AvgIpc) is 3.01. The molecule has 2 aromatic carbocycles. The maximum absolute atomic E-state index is 13.3. The van der Waals surface area contributed by atoms with E-state index in [1.807, 2.05) is 6.07 Å². The van der Waals surface area contributed by atoms with Gasteiger partial charge in [0.15, 0.2) is 0 Å². The highest BCUT2D eigenvalue weighted by molar-refractivity contribution is 6.00. The number of anilines is 1. The van der Waals surface area contributed by atoms with Crippen LogP contribution >= 0.6 is 0 Å². The maximum Gasteiger partial charge on any atom is 0.437 e. The third-order valence-electron chi connectivity index (χ3n) is 4.10. The number of ether oxygens (including phenoxy) is 1. The molecule has 3 aromatic rings. The summed E-state index contributed by atoms with van der Waals surface area (Å²) in [5, 5.41) is 2.35. The van der Waals surface area contributed by atoms with E-state index in [0.717, 1.165) is 5.01 Å². The Hall–Kier alpha value is -3.42. The lowest BCUT2D eigenvalue weighted by molar-refractivity contribution is 0.107. The van der Waals surface area contributed by atoms with E-state index in [2.05, 4.69) is 4.98 Å². The largest absolute Gasteiger partial charge is 0.448 e. The van der Waals surface area contributed by atoms with Crippen LogP contribution in [-0.4, -0.2) is 33.3 Å². The molecule has 0 aliphatic carbocycles. The zero-order valence-electron chi connectivity index (χ0n) is 13.9. The molecule has 1 aliphatic heterocycles. The minimum absolute atomic E-state index is 0.122. The maximum atomic E-state index is 13.3. The first-order chi connectivity index (χ1) is 12.6. The molecule has 7 nitrogen and oxygen atoms in total. The molecule has 0 atom stereocenters. The van der Waals surface area contributed by atoms with Gasteiger partial charge in [0.1, 0.15) is 11.6 Å². The molecule has 132 valence electrons. The predicted octanol–water partition coefficient (Wildman–Crippen LogP) is 3.54. The molecule has 1 aromatic heterocycles. The predicted molar refractivity (Wildman–Crippen MR) is 92.0 cm³/mol. The van der Waals surface area contributed by atoms with Gasteiger partial charge < -0.3 is 4.74 Å². The van der Waals surface area contributed by atoms with E-state index >= 15 is 0 Å². The van der Waals surface area contributed by atoms with Crippen molar-refractivity contribution in [2.24, 2.45) is 0 Å². The first-order valence-electron chi connectivity index (χ1n) is 8.10. The van der Waals surface area contributed by atoms with Crippen molar-refractivity contribution in [1.82, 2.24) is 14.6 Å². The van der Waals surface area contributed by atoms with Crippen LogP contribution in [0.3, 0.4) is 0 Å². The molecule has 0 saturated heterocycles. The van der Waals surface area contributed by atoms with Gasteiger partial charge in [-0.3, -0.25) is 5.01 Å². The van der Waals surface area contributed by atoms with E-state index in [1.165, 1.54) is 33.8 Å². The lowest BCUT2D eigenvalue weighted by Gasteiger charge is -2.37. The molecular formula is C18H15FN4O3. The lowest BCUT2D eigenvalue weighted by Crippen LogP contribution is -2.55. The third-order valence-corrected chi connectivity index (χ3v) is 4.10. The van der Waals surface area contributed by atoms with Crippen LogP contribution in [0, 0.1) is 5.82 Å². The number of benzene rings is 2.